The molecule has 0 aliphatic carbocycles. The summed E-state index contributed by atoms with van der Waals surface area (Å²) in [5.41, 5.74) is 0.629. The second-order valence-electron chi connectivity index (χ2n) is 4.31. The van der Waals surface area contributed by atoms with Crippen LogP contribution in [0.3, 0.4) is 0 Å². The molecule has 0 saturated carbocycles. The third-order valence-corrected chi connectivity index (χ3v) is 3.02. The zero-order valence-corrected chi connectivity index (χ0v) is 10.9. The fraction of sp³-hybridized carbons (Fsp3) is 0.417. The molecule has 8 heteroatoms. The van der Waals surface area contributed by atoms with E-state index in [1.54, 1.807) is 18.7 Å². The molecular weight excluding hydrogens is 271 g/mol. The number of nitrogens with zero attached hydrogens (tertiary/aromatic N) is 5. The Hall–Kier alpha value is -2.30. The van der Waals surface area contributed by atoms with Gasteiger partial charge in [0.2, 0.25) is 0 Å². The van der Waals surface area contributed by atoms with E-state index in [9.17, 15) is 13.2 Å². The fourth-order valence-electron chi connectivity index (χ4n) is 1.85. The molecule has 2 aromatic heterocycles. The zero-order valence-electron chi connectivity index (χ0n) is 10.9. The van der Waals surface area contributed by atoms with E-state index in [2.05, 4.69) is 10.2 Å². The van der Waals surface area contributed by atoms with Gasteiger partial charge >= 0.3 is 6.18 Å². The fourth-order valence-corrected chi connectivity index (χ4v) is 1.85. The molecule has 2 rings (SSSR count). The number of hydrogen-bond donors (Lipinski definition) is 0. The van der Waals surface area contributed by atoms with Gasteiger partial charge in [0.15, 0.2) is 0 Å². The van der Waals surface area contributed by atoms with Crippen molar-refractivity contribution in [3.8, 4) is 17.3 Å². The number of halogens is 3. The van der Waals surface area contributed by atoms with E-state index in [0.29, 0.717) is 5.56 Å². The van der Waals surface area contributed by atoms with E-state index < -0.39 is 11.9 Å². The minimum Gasteiger partial charge on any atom is -0.272 e. The highest BCUT2D eigenvalue weighted by Crippen LogP contribution is 2.33. The molecule has 0 aromatic carbocycles. The van der Waals surface area contributed by atoms with E-state index in [0.717, 1.165) is 16.4 Å². The molecule has 2 aromatic rings. The maximum Gasteiger partial charge on any atom is 0.433 e. The average Bonchev–Trinajstić information content (AvgIpc) is 2.92. The van der Waals surface area contributed by atoms with Crippen molar-refractivity contribution in [1.82, 2.24) is 19.6 Å². The SMILES string of the molecule is Cc1c(-c2cc(C(F)(F)F)n(CCC#N)n2)cnn1C. The first-order chi connectivity index (χ1) is 9.34. The number of aromatic nitrogens is 4. The molecule has 0 amide bonds. The summed E-state index contributed by atoms with van der Waals surface area (Å²) in [6.07, 6.45) is -3.06. The molecule has 0 bridgehead atoms. The molecule has 0 radical (unpaired) electrons. The van der Waals surface area contributed by atoms with Crippen molar-refractivity contribution in [2.24, 2.45) is 7.05 Å². The van der Waals surface area contributed by atoms with Gasteiger partial charge in [-0.15, -0.1) is 0 Å². The Bertz CT molecular complexity index is 660. The van der Waals surface area contributed by atoms with Gasteiger partial charge in [0, 0.05) is 18.3 Å². The van der Waals surface area contributed by atoms with Gasteiger partial charge in [-0.25, -0.2) is 0 Å². The van der Waals surface area contributed by atoms with Crippen LogP contribution >= 0.6 is 0 Å². The van der Waals surface area contributed by atoms with Gasteiger partial charge in [0.25, 0.3) is 0 Å². The topological polar surface area (TPSA) is 59.4 Å². The highest BCUT2D eigenvalue weighted by atomic mass is 19.4. The van der Waals surface area contributed by atoms with Crippen molar-refractivity contribution in [3.63, 3.8) is 0 Å². The first-order valence-corrected chi connectivity index (χ1v) is 5.85. The second kappa shape index (κ2) is 5.00. The van der Waals surface area contributed by atoms with Crippen LogP contribution in [0.4, 0.5) is 13.2 Å². The monoisotopic (exact) mass is 283 g/mol. The molecule has 0 unspecified atom stereocenters. The lowest BCUT2D eigenvalue weighted by Gasteiger charge is -2.07. The lowest BCUT2D eigenvalue weighted by atomic mass is 10.2. The Labute approximate surface area is 113 Å². The quantitative estimate of drug-likeness (QED) is 0.869. The Morgan fingerprint density at radius 3 is 2.60 bits per heavy atom. The van der Waals surface area contributed by atoms with Crippen molar-refractivity contribution in [1.29, 1.82) is 5.26 Å². The van der Waals surface area contributed by atoms with Crippen LogP contribution in [0.15, 0.2) is 12.3 Å². The lowest BCUT2D eigenvalue weighted by Crippen LogP contribution is -2.14. The predicted molar refractivity (Wildman–Crippen MR) is 64.4 cm³/mol. The highest BCUT2D eigenvalue weighted by Gasteiger charge is 2.36. The molecule has 0 fully saturated rings. The van der Waals surface area contributed by atoms with Gasteiger partial charge in [0.05, 0.1) is 30.9 Å². The third kappa shape index (κ3) is 2.52. The van der Waals surface area contributed by atoms with Gasteiger partial charge in [-0.05, 0) is 13.0 Å². The standard InChI is InChI=1S/C12H12F3N5/c1-8-9(7-17-19(8)2)10-6-11(12(13,14)15)20(18-10)5-3-4-16/h6-7H,3,5H2,1-2H3. The Morgan fingerprint density at radius 2 is 2.10 bits per heavy atom. The summed E-state index contributed by atoms with van der Waals surface area (Å²) < 4.78 is 41.2. The normalized spacial score (nSPS) is 11.6. The number of rotatable bonds is 3. The van der Waals surface area contributed by atoms with Gasteiger partial charge in [0.1, 0.15) is 5.69 Å². The van der Waals surface area contributed by atoms with Crippen LogP contribution < -0.4 is 0 Å². The Kier molecular flexibility index (Phi) is 3.53. The van der Waals surface area contributed by atoms with E-state index >= 15 is 0 Å². The number of hydrogen-bond acceptors (Lipinski definition) is 3. The van der Waals surface area contributed by atoms with Crippen LogP contribution in [0.5, 0.6) is 0 Å². The first kappa shape index (κ1) is 14.1. The highest BCUT2D eigenvalue weighted by molar-refractivity contribution is 5.61. The number of aryl methyl sites for hydroxylation is 2. The van der Waals surface area contributed by atoms with Gasteiger partial charge in [-0.1, -0.05) is 0 Å². The smallest absolute Gasteiger partial charge is 0.272 e. The van der Waals surface area contributed by atoms with Gasteiger partial charge in [-0.3, -0.25) is 9.36 Å². The van der Waals surface area contributed by atoms with Crippen LogP contribution in [0.2, 0.25) is 0 Å². The molecule has 0 N–H and O–H groups in total. The van der Waals surface area contributed by atoms with E-state index in [4.69, 9.17) is 5.26 Å². The molecule has 20 heavy (non-hydrogen) atoms. The summed E-state index contributed by atoms with van der Waals surface area (Å²) in [5, 5.41) is 16.4. The van der Waals surface area contributed by atoms with Crippen LogP contribution in [0.1, 0.15) is 17.8 Å². The minimum absolute atomic E-state index is 0.0315. The maximum absolute atomic E-state index is 12.9. The van der Waals surface area contributed by atoms with Crippen LogP contribution in [0.25, 0.3) is 11.3 Å². The van der Waals surface area contributed by atoms with Crippen LogP contribution in [-0.2, 0) is 19.8 Å². The summed E-state index contributed by atoms with van der Waals surface area (Å²) in [6, 6.07) is 2.80. The van der Waals surface area contributed by atoms with Gasteiger partial charge in [-0.2, -0.15) is 28.6 Å². The third-order valence-electron chi connectivity index (χ3n) is 3.02. The Balaban J connectivity index is 2.49. The van der Waals surface area contributed by atoms with E-state index in [1.807, 2.05) is 6.07 Å². The van der Waals surface area contributed by atoms with E-state index in [-0.39, 0.29) is 18.7 Å². The molecular formula is C12H12F3N5. The van der Waals surface area contributed by atoms with Crippen molar-refractivity contribution < 1.29 is 13.2 Å². The molecule has 2 heterocycles. The second-order valence-corrected chi connectivity index (χ2v) is 4.31. The zero-order chi connectivity index (χ0) is 14.9. The molecule has 0 atom stereocenters. The largest absolute Gasteiger partial charge is 0.433 e. The van der Waals surface area contributed by atoms with Gasteiger partial charge < -0.3 is 0 Å². The summed E-state index contributed by atoms with van der Waals surface area (Å²) in [6.45, 7) is 1.66. The predicted octanol–water partition coefficient (Wildman–Crippen LogP) is 2.52. The number of alkyl halides is 3. The average molecular weight is 283 g/mol. The van der Waals surface area contributed by atoms with Crippen LogP contribution in [-0.4, -0.2) is 19.6 Å². The van der Waals surface area contributed by atoms with E-state index in [1.165, 1.54) is 6.20 Å². The molecule has 0 aliphatic rings. The van der Waals surface area contributed by atoms with Crippen molar-refractivity contribution in [2.75, 3.05) is 0 Å². The van der Waals surface area contributed by atoms with Crippen LogP contribution in [0, 0.1) is 18.3 Å². The van der Waals surface area contributed by atoms with Crippen molar-refractivity contribution >= 4 is 0 Å². The maximum atomic E-state index is 12.9. The Morgan fingerprint density at radius 1 is 1.40 bits per heavy atom. The molecule has 0 spiro atoms. The minimum atomic E-state index is -4.50. The molecule has 5 nitrogen and oxygen atoms in total. The van der Waals surface area contributed by atoms with Crippen molar-refractivity contribution in [3.05, 3.63) is 23.7 Å². The molecule has 106 valence electrons. The molecule has 0 saturated heterocycles. The summed E-state index contributed by atoms with van der Waals surface area (Å²) in [7, 11) is 1.70. The summed E-state index contributed by atoms with van der Waals surface area (Å²) in [5.74, 6) is 0. The van der Waals surface area contributed by atoms with Crippen molar-refractivity contribution in [2.45, 2.75) is 26.1 Å². The number of nitriles is 1. The first-order valence-electron chi connectivity index (χ1n) is 5.85. The summed E-state index contributed by atoms with van der Waals surface area (Å²) >= 11 is 0. The lowest BCUT2D eigenvalue weighted by molar-refractivity contribution is -0.144. The molecule has 0 aliphatic heterocycles. The summed E-state index contributed by atoms with van der Waals surface area (Å²) in [4.78, 5) is 0.